The third-order valence-electron chi connectivity index (χ3n) is 1.39. The van der Waals surface area contributed by atoms with E-state index in [9.17, 15) is 0 Å². The second-order valence-electron chi connectivity index (χ2n) is 2.30. The van der Waals surface area contributed by atoms with Crippen molar-refractivity contribution in [2.45, 2.75) is 47.0 Å². The lowest BCUT2D eigenvalue weighted by Crippen LogP contribution is -2.04. The van der Waals surface area contributed by atoms with Gasteiger partial charge in [-0.2, -0.15) is 0 Å². The van der Waals surface area contributed by atoms with E-state index in [1.165, 1.54) is 23.7 Å². The monoisotopic (exact) mass is 256 g/mol. The molecule has 1 heteroatoms. The first-order chi connectivity index (χ1) is 4.81. The van der Waals surface area contributed by atoms with Crippen LogP contribution in [-0.2, 0) is 0 Å². The largest absolute Gasteiger partial charge is 0.0867 e. The topological polar surface area (TPSA) is 0 Å². The maximum absolute atomic E-state index is 2.31. The fourth-order valence-corrected chi connectivity index (χ4v) is 0.612. The Hall–Kier alpha value is 0.730. The van der Waals surface area contributed by atoms with Crippen molar-refractivity contribution in [2.75, 3.05) is 4.43 Å². The molecule has 0 saturated heterocycles. The van der Waals surface area contributed by atoms with Gasteiger partial charge < -0.3 is 0 Å². The van der Waals surface area contributed by atoms with Crippen molar-refractivity contribution < 1.29 is 0 Å². The van der Waals surface area contributed by atoms with Crippen LogP contribution in [0.2, 0.25) is 0 Å². The van der Waals surface area contributed by atoms with Gasteiger partial charge in [-0.25, -0.2) is 0 Å². The Kier molecular flexibility index (Phi) is 16.5. The second-order valence-corrected chi connectivity index (χ2v) is 3.83. The summed E-state index contributed by atoms with van der Waals surface area (Å²) in [5.41, 5.74) is 0. The van der Waals surface area contributed by atoms with Crippen LogP contribution in [-0.4, -0.2) is 4.43 Å². The average molecular weight is 256 g/mol. The maximum atomic E-state index is 2.31. The molecule has 1 fully saturated rings. The Labute approximate surface area is 79.9 Å². The lowest BCUT2D eigenvalue weighted by Gasteiger charge is -2.18. The predicted octanol–water partition coefficient (Wildman–Crippen LogP) is 4.27. The SMILES string of the molecule is CC.CC1CCC1.CCI. The van der Waals surface area contributed by atoms with E-state index in [1.807, 2.05) is 13.8 Å². The zero-order valence-electron chi connectivity index (χ0n) is 7.78. The van der Waals surface area contributed by atoms with Gasteiger partial charge in [0.25, 0.3) is 0 Å². The molecule has 0 radical (unpaired) electrons. The van der Waals surface area contributed by atoms with E-state index in [1.54, 1.807) is 0 Å². The normalized spacial score (nSPS) is 15.3. The molecule has 0 aliphatic heterocycles. The Morgan fingerprint density at radius 1 is 1.30 bits per heavy atom. The van der Waals surface area contributed by atoms with Gasteiger partial charge in [-0.05, 0) is 10.3 Å². The molecule has 0 spiro atoms. The van der Waals surface area contributed by atoms with Gasteiger partial charge in [0.05, 0.1) is 0 Å². The molecule has 0 unspecified atom stereocenters. The fourth-order valence-electron chi connectivity index (χ4n) is 0.612. The molecule has 0 bridgehead atoms. The average Bonchev–Trinajstić information content (AvgIpc) is 1.90. The van der Waals surface area contributed by atoms with Gasteiger partial charge >= 0.3 is 0 Å². The molecule has 0 N–H and O–H groups in total. The summed E-state index contributed by atoms with van der Waals surface area (Å²) in [6.07, 6.45) is 4.46. The van der Waals surface area contributed by atoms with Crippen molar-refractivity contribution in [3.63, 3.8) is 0 Å². The first-order valence-electron chi connectivity index (χ1n) is 4.37. The molecule has 10 heavy (non-hydrogen) atoms. The van der Waals surface area contributed by atoms with Crippen molar-refractivity contribution >= 4 is 22.6 Å². The van der Waals surface area contributed by atoms with Gasteiger partial charge in [-0.1, -0.05) is 69.5 Å². The predicted molar refractivity (Wildman–Crippen MR) is 58.9 cm³/mol. The number of alkyl halides is 1. The highest BCUT2D eigenvalue weighted by Gasteiger charge is 2.09. The smallest absolute Gasteiger partial charge is 0.00332 e. The van der Waals surface area contributed by atoms with Crippen molar-refractivity contribution in [2.24, 2.45) is 5.92 Å². The lowest BCUT2D eigenvalue weighted by atomic mass is 9.88. The minimum absolute atomic E-state index is 1.06. The van der Waals surface area contributed by atoms with E-state index in [4.69, 9.17) is 0 Å². The summed E-state index contributed by atoms with van der Waals surface area (Å²) in [5, 5.41) is 0. The molecule has 0 aromatic rings. The van der Waals surface area contributed by atoms with Crippen LogP contribution in [0, 0.1) is 5.92 Å². The third-order valence-corrected chi connectivity index (χ3v) is 1.39. The molecular formula is C9H21I. The van der Waals surface area contributed by atoms with Crippen LogP contribution in [0.25, 0.3) is 0 Å². The molecule has 0 nitrogen and oxygen atoms in total. The minimum atomic E-state index is 1.06. The van der Waals surface area contributed by atoms with Crippen LogP contribution in [0.4, 0.5) is 0 Å². The van der Waals surface area contributed by atoms with Crippen molar-refractivity contribution in [3.05, 3.63) is 0 Å². The Morgan fingerprint density at radius 2 is 1.50 bits per heavy atom. The van der Waals surface area contributed by atoms with E-state index < -0.39 is 0 Å². The molecule has 0 aromatic heterocycles. The molecular weight excluding hydrogens is 235 g/mol. The summed E-state index contributed by atoms with van der Waals surface area (Å²) in [5.74, 6) is 1.06. The van der Waals surface area contributed by atoms with Crippen LogP contribution in [0.5, 0.6) is 0 Å². The van der Waals surface area contributed by atoms with Gasteiger partial charge in [0.1, 0.15) is 0 Å². The fraction of sp³-hybridized carbons (Fsp3) is 1.00. The molecule has 0 heterocycles. The van der Waals surface area contributed by atoms with Crippen LogP contribution < -0.4 is 0 Å². The van der Waals surface area contributed by atoms with E-state index >= 15 is 0 Å². The number of halogens is 1. The van der Waals surface area contributed by atoms with Crippen LogP contribution >= 0.6 is 22.6 Å². The van der Waals surface area contributed by atoms with Crippen LogP contribution in [0.3, 0.4) is 0 Å². The van der Waals surface area contributed by atoms with Crippen LogP contribution in [0.1, 0.15) is 47.0 Å². The van der Waals surface area contributed by atoms with E-state index in [-0.39, 0.29) is 0 Å². The molecule has 1 saturated carbocycles. The first-order valence-corrected chi connectivity index (χ1v) is 5.89. The van der Waals surface area contributed by atoms with Gasteiger partial charge in [0, 0.05) is 0 Å². The summed E-state index contributed by atoms with van der Waals surface area (Å²) >= 11 is 2.29. The summed E-state index contributed by atoms with van der Waals surface area (Å²) < 4.78 is 1.22. The van der Waals surface area contributed by atoms with Crippen molar-refractivity contribution in [3.8, 4) is 0 Å². The quantitative estimate of drug-likeness (QED) is 0.448. The summed E-state index contributed by atoms with van der Waals surface area (Å²) in [6.45, 7) is 8.42. The maximum Gasteiger partial charge on any atom is -0.00332 e. The number of hydrogen-bond donors (Lipinski definition) is 0. The van der Waals surface area contributed by atoms with E-state index in [0.29, 0.717) is 0 Å². The third kappa shape index (κ3) is 11.5. The molecule has 1 rings (SSSR count). The minimum Gasteiger partial charge on any atom is -0.0867 e. The standard InChI is InChI=1S/C5H10.C2H5I.C2H6/c1-5-3-2-4-5;1-2-3;1-2/h5H,2-4H2,1H3;2H2,1H3;1-2H3. The molecule has 64 valence electrons. The van der Waals surface area contributed by atoms with Gasteiger partial charge in [0.2, 0.25) is 0 Å². The summed E-state index contributed by atoms with van der Waals surface area (Å²) in [7, 11) is 0. The Morgan fingerprint density at radius 3 is 1.50 bits per heavy atom. The number of rotatable bonds is 0. The molecule has 0 atom stereocenters. The Balaban J connectivity index is 0. The van der Waals surface area contributed by atoms with Gasteiger partial charge in [-0.15, -0.1) is 0 Å². The zero-order valence-corrected chi connectivity index (χ0v) is 9.94. The molecule has 0 amide bonds. The van der Waals surface area contributed by atoms with Gasteiger partial charge in [0.15, 0.2) is 0 Å². The first kappa shape index (κ1) is 13.3. The van der Waals surface area contributed by atoms with Crippen LogP contribution in [0.15, 0.2) is 0 Å². The van der Waals surface area contributed by atoms with Gasteiger partial charge in [-0.3, -0.25) is 0 Å². The highest BCUT2D eigenvalue weighted by Crippen LogP contribution is 2.24. The van der Waals surface area contributed by atoms with E-state index in [2.05, 4.69) is 36.4 Å². The highest BCUT2D eigenvalue weighted by molar-refractivity contribution is 14.1. The lowest BCUT2D eigenvalue weighted by molar-refractivity contribution is 0.346. The van der Waals surface area contributed by atoms with Crippen molar-refractivity contribution in [1.82, 2.24) is 0 Å². The number of hydrogen-bond acceptors (Lipinski definition) is 0. The van der Waals surface area contributed by atoms with Crippen molar-refractivity contribution in [1.29, 1.82) is 0 Å². The van der Waals surface area contributed by atoms with E-state index in [0.717, 1.165) is 5.92 Å². The summed E-state index contributed by atoms with van der Waals surface area (Å²) in [6, 6.07) is 0. The highest BCUT2D eigenvalue weighted by atomic mass is 127. The molecule has 1 aliphatic carbocycles. The summed E-state index contributed by atoms with van der Waals surface area (Å²) in [4.78, 5) is 0. The molecule has 1 aliphatic rings. The second kappa shape index (κ2) is 12.4. The Bertz CT molecular complexity index is 40.0. The zero-order chi connectivity index (χ0) is 8.41. The molecule has 0 aromatic carbocycles.